The van der Waals surface area contributed by atoms with Crippen LogP contribution in [-0.4, -0.2) is 34.6 Å². The third-order valence-electron chi connectivity index (χ3n) is 4.91. The van der Waals surface area contributed by atoms with Gasteiger partial charge in [-0.3, -0.25) is 0 Å². The quantitative estimate of drug-likeness (QED) is 0.522. The van der Waals surface area contributed by atoms with Gasteiger partial charge in [0, 0.05) is 38.0 Å². The average molecular weight is 399 g/mol. The van der Waals surface area contributed by atoms with Crippen LogP contribution in [0.1, 0.15) is 32.1 Å². The Morgan fingerprint density at radius 1 is 1.11 bits per heavy atom. The van der Waals surface area contributed by atoms with E-state index in [1.165, 1.54) is 32.1 Å². The smallest absolute Gasteiger partial charge is 0.225 e. The molecular weight excluding hydrogens is 372 g/mol. The number of benzene rings is 1. The fourth-order valence-corrected chi connectivity index (χ4v) is 4.36. The van der Waals surface area contributed by atoms with Gasteiger partial charge in [-0.25, -0.2) is 9.97 Å². The van der Waals surface area contributed by atoms with Crippen molar-refractivity contribution in [1.82, 2.24) is 15.0 Å². The van der Waals surface area contributed by atoms with E-state index in [1.54, 1.807) is 23.6 Å². The van der Waals surface area contributed by atoms with Crippen LogP contribution in [0.25, 0.3) is 10.2 Å². The van der Waals surface area contributed by atoms with Gasteiger partial charge in [0.05, 0.1) is 10.2 Å². The van der Waals surface area contributed by atoms with Crippen molar-refractivity contribution in [1.29, 1.82) is 0 Å². The summed E-state index contributed by atoms with van der Waals surface area (Å²) in [5.41, 5.74) is 6.48. The zero-order valence-electron chi connectivity index (χ0n) is 15.9. The second-order valence-corrected chi connectivity index (χ2v) is 8.10. The number of hydrogen-bond acceptors (Lipinski definition) is 8. The molecule has 148 valence electrons. The lowest BCUT2D eigenvalue weighted by molar-refractivity contribution is 0.373. The lowest BCUT2D eigenvalue weighted by Crippen LogP contribution is -2.16. The molecule has 1 aromatic carbocycles. The van der Waals surface area contributed by atoms with Crippen molar-refractivity contribution in [3.05, 3.63) is 30.5 Å². The van der Waals surface area contributed by atoms with E-state index in [-0.39, 0.29) is 0 Å². The fraction of sp³-hybridized carbons (Fsp3) is 0.450. The van der Waals surface area contributed by atoms with Gasteiger partial charge in [0.2, 0.25) is 11.8 Å². The Balaban J connectivity index is 1.41. The molecule has 0 atom stereocenters. The lowest BCUT2D eigenvalue weighted by atomic mass is 9.89. The van der Waals surface area contributed by atoms with Gasteiger partial charge < -0.3 is 21.1 Å². The summed E-state index contributed by atoms with van der Waals surface area (Å²) in [4.78, 5) is 13.2. The highest BCUT2D eigenvalue weighted by Gasteiger charge is 2.14. The predicted octanol–water partition coefficient (Wildman–Crippen LogP) is 4.24. The first-order chi connectivity index (χ1) is 13.8. The van der Waals surface area contributed by atoms with Crippen molar-refractivity contribution >= 4 is 32.6 Å². The molecule has 4 N–H and O–H groups in total. The molecule has 1 aliphatic rings. The van der Waals surface area contributed by atoms with Crippen LogP contribution in [0.3, 0.4) is 0 Å². The second-order valence-electron chi connectivity index (χ2n) is 7.07. The number of rotatable bonds is 8. The van der Waals surface area contributed by atoms with Gasteiger partial charge >= 0.3 is 0 Å². The maximum absolute atomic E-state index is 5.91. The van der Waals surface area contributed by atoms with Crippen LogP contribution in [-0.2, 0) is 0 Å². The first-order valence-electron chi connectivity index (χ1n) is 9.89. The number of hydrogen-bond donors (Lipinski definition) is 3. The van der Waals surface area contributed by atoms with E-state index in [0.717, 1.165) is 33.6 Å². The van der Waals surface area contributed by atoms with Crippen LogP contribution in [0.4, 0.5) is 11.1 Å². The van der Waals surface area contributed by atoms with E-state index in [0.29, 0.717) is 24.9 Å². The summed E-state index contributed by atoms with van der Waals surface area (Å²) in [7, 11) is 0. The van der Waals surface area contributed by atoms with Crippen molar-refractivity contribution in [2.75, 3.05) is 30.3 Å². The molecule has 0 unspecified atom stereocenters. The summed E-state index contributed by atoms with van der Waals surface area (Å²) < 4.78 is 7.00. The molecule has 1 fully saturated rings. The van der Waals surface area contributed by atoms with E-state index in [2.05, 4.69) is 20.6 Å². The minimum Gasteiger partial charge on any atom is -0.439 e. The molecule has 1 saturated carbocycles. The number of anilines is 2. The van der Waals surface area contributed by atoms with Crippen LogP contribution in [0.2, 0.25) is 0 Å². The topological polar surface area (TPSA) is 98.0 Å². The summed E-state index contributed by atoms with van der Waals surface area (Å²) in [6, 6.07) is 7.65. The van der Waals surface area contributed by atoms with E-state index in [9.17, 15) is 0 Å². The summed E-state index contributed by atoms with van der Waals surface area (Å²) in [5, 5.41) is 7.56. The molecule has 3 aromatic rings. The van der Waals surface area contributed by atoms with E-state index in [4.69, 9.17) is 15.5 Å². The van der Waals surface area contributed by atoms with Crippen LogP contribution in [0.5, 0.6) is 11.6 Å². The van der Waals surface area contributed by atoms with Gasteiger partial charge in [0.1, 0.15) is 5.75 Å². The van der Waals surface area contributed by atoms with Gasteiger partial charge in [-0.1, -0.05) is 30.6 Å². The van der Waals surface area contributed by atoms with Gasteiger partial charge in [0.25, 0.3) is 0 Å². The Morgan fingerprint density at radius 2 is 2.00 bits per heavy atom. The SMILES string of the molecule is NCCNc1nccc(Oc2ccc3nc(NCC4CCCCC4)sc3c2)n1. The van der Waals surface area contributed by atoms with Crippen molar-refractivity contribution in [3.63, 3.8) is 0 Å². The van der Waals surface area contributed by atoms with E-state index < -0.39 is 0 Å². The van der Waals surface area contributed by atoms with E-state index >= 15 is 0 Å². The monoisotopic (exact) mass is 398 g/mol. The Hall–Kier alpha value is -2.45. The first-order valence-corrected chi connectivity index (χ1v) is 10.7. The third-order valence-corrected chi connectivity index (χ3v) is 5.88. The molecule has 0 saturated heterocycles. The summed E-state index contributed by atoms with van der Waals surface area (Å²) in [6.07, 6.45) is 8.43. The molecular formula is C20H26N6OS. The molecule has 28 heavy (non-hydrogen) atoms. The second kappa shape index (κ2) is 9.16. The van der Waals surface area contributed by atoms with Crippen molar-refractivity contribution < 1.29 is 4.74 Å². The standard InChI is InChI=1S/C20H26N6OS/c21-9-11-23-19-22-10-8-18(26-19)27-15-6-7-16-17(12-15)28-20(25-16)24-13-14-4-2-1-3-5-14/h6-8,10,12,14H,1-5,9,11,13,21H2,(H,24,25)(H,22,23,26). The number of fused-ring (bicyclic) bond motifs is 1. The highest BCUT2D eigenvalue weighted by atomic mass is 32.1. The highest BCUT2D eigenvalue weighted by molar-refractivity contribution is 7.22. The molecule has 0 aliphatic heterocycles. The molecule has 0 spiro atoms. The van der Waals surface area contributed by atoms with Gasteiger partial charge in [-0.05, 0) is 30.9 Å². The molecule has 0 amide bonds. The first kappa shape index (κ1) is 18.9. The maximum atomic E-state index is 5.91. The Labute approximate surface area is 168 Å². The molecule has 1 aliphatic carbocycles. The number of nitrogens with two attached hydrogens (primary N) is 1. The number of thiazole rings is 1. The highest BCUT2D eigenvalue weighted by Crippen LogP contribution is 2.32. The zero-order chi connectivity index (χ0) is 19.2. The molecule has 4 rings (SSSR count). The Kier molecular flexibility index (Phi) is 6.18. The Morgan fingerprint density at radius 3 is 2.86 bits per heavy atom. The number of nitrogens with one attached hydrogen (secondary N) is 2. The van der Waals surface area contributed by atoms with Crippen molar-refractivity contribution in [3.8, 4) is 11.6 Å². The molecule has 0 radical (unpaired) electrons. The fourth-order valence-electron chi connectivity index (χ4n) is 3.46. The predicted molar refractivity (Wildman–Crippen MR) is 114 cm³/mol. The van der Waals surface area contributed by atoms with E-state index in [1.807, 2.05) is 18.2 Å². The molecule has 0 bridgehead atoms. The van der Waals surface area contributed by atoms with Gasteiger partial charge in [0.15, 0.2) is 5.13 Å². The van der Waals surface area contributed by atoms with Crippen molar-refractivity contribution in [2.45, 2.75) is 32.1 Å². The molecule has 2 heterocycles. The minimum absolute atomic E-state index is 0.494. The summed E-state index contributed by atoms with van der Waals surface area (Å²) >= 11 is 1.66. The molecule has 8 heteroatoms. The number of ether oxygens (including phenoxy) is 1. The lowest BCUT2D eigenvalue weighted by Gasteiger charge is -2.21. The largest absolute Gasteiger partial charge is 0.439 e. The normalized spacial score (nSPS) is 14.9. The van der Waals surface area contributed by atoms with Crippen LogP contribution >= 0.6 is 11.3 Å². The van der Waals surface area contributed by atoms with Crippen LogP contribution < -0.4 is 21.1 Å². The summed E-state index contributed by atoms with van der Waals surface area (Å²) in [6.45, 7) is 2.16. The molecule has 7 nitrogen and oxygen atoms in total. The Bertz CT molecular complexity index is 909. The molecule has 2 aromatic heterocycles. The van der Waals surface area contributed by atoms with Gasteiger partial charge in [-0.15, -0.1) is 0 Å². The maximum Gasteiger partial charge on any atom is 0.225 e. The zero-order valence-corrected chi connectivity index (χ0v) is 16.7. The van der Waals surface area contributed by atoms with Crippen LogP contribution in [0.15, 0.2) is 30.5 Å². The summed E-state index contributed by atoms with van der Waals surface area (Å²) in [5.74, 6) is 2.52. The third kappa shape index (κ3) is 4.88. The average Bonchev–Trinajstić information content (AvgIpc) is 3.14. The van der Waals surface area contributed by atoms with Crippen LogP contribution in [0, 0.1) is 5.92 Å². The van der Waals surface area contributed by atoms with Crippen molar-refractivity contribution in [2.24, 2.45) is 11.7 Å². The number of aromatic nitrogens is 3. The van der Waals surface area contributed by atoms with Gasteiger partial charge in [-0.2, -0.15) is 4.98 Å². The number of nitrogens with zero attached hydrogens (tertiary/aromatic N) is 3. The minimum atomic E-state index is 0.494.